The first-order chi connectivity index (χ1) is 20.0. The van der Waals surface area contributed by atoms with Gasteiger partial charge in [0.15, 0.2) is 11.6 Å². The molecule has 6 nitrogen and oxygen atoms in total. The Balaban J connectivity index is 1.32. The zero-order valence-electron chi connectivity index (χ0n) is 23.8. The number of carbonyl (C=O) groups excluding carboxylic acids is 1. The molecule has 2 aromatic carbocycles. The van der Waals surface area contributed by atoms with Crippen molar-refractivity contribution >= 4 is 23.1 Å². The van der Waals surface area contributed by atoms with Crippen molar-refractivity contribution in [2.75, 3.05) is 6.61 Å². The molecule has 4 aromatic rings. The number of unbranched alkanes of at least 4 members (excludes halogenated alkanes) is 4. The van der Waals surface area contributed by atoms with E-state index in [0.29, 0.717) is 10.7 Å². The first kappa shape index (κ1) is 30.1. The molecule has 214 valence electrons. The lowest BCUT2D eigenvalue weighted by molar-refractivity contribution is -0.141. The Kier molecular flexibility index (Phi) is 11.2. The topological polar surface area (TPSA) is 89.4 Å². The summed E-state index contributed by atoms with van der Waals surface area (Å²) in [6, 6.07) is 19.3. The molecule has 2 heterocycles. The average molecular weight is 571 g/mol. The van der Waals surface area contributed by atoms with Crippen LogP contribution in [-0.4, -0.2) is 33.4 Å². The largest absolute Gasteiger partial charge is 0.494 e. The van der Waals surface area contributed by atoms with Crippen LogP contribution in [0.25, 0.3) is 22.5 Å². The molecule has 1 N–H and O–H groups in total. The first-order valence-corrected chi connectivity index (χ1v) is 15.3. The third-order valence-corrected chi connectivity index (χ3v) is 8.39. The summed E-state index contributed by atoms with van der Waals surface area (Å²) in [5.74, 6) is -0.396. The maximum Gasteiger partial charge on any atom is 0.307 e. The summed E-state index contributed by atoms with van der Waals surface area (Å²) in [6.45, 7) is 4.99. The SMILES string of the molecule is CCCCCCCOc1ccc(-c2cnc(-c3ccc(C[C@H](CC(=O)c4ccc(CC)s4)C(=O)O)cc3)nc2)cc1. The third kappa shape index (κ3) is 8.82. The first-order valence-electron chi connectivity index (χ1n) is 14.5. The van der Waals surface area contributed by atoms with Crippen molar-refractivity contribution in [2.45, 2.75) is 65.2 Å². The Morgan fingerprint density at radius 1 is 0.829 bits per heavy atom. The molecule has 41 heavy (non-hydrogen) atoms. The van der Waals surface area contributed by atoms with E-state index in [4.69, 9.17) is 4.74 Å². The predicted molar refractivity (Wildman–Crippen MR) is 165 cm³/mol. The molecule has 2 aromatic heterocycles. The van der Waals surface area contributed by atoms with Crippen LogP contribution in [0.5, 0.6) is 5.75 Å². The summed E-state index contributed by atoms with van der Waals surface area (Å²) in [4.78, 5) is 35.4. The smallest absolute Gasteiger partial charge is 0.307 e. The molecular formula is C34H38N2O4S. The zero-order valence-corrected chi connectivity index (χ0v) is 24.7. The minimum atomic E-state index is -0.962. The number of ketones is 1. The van der Waals surface area contributed by atoms with E-state index < -0.39 is 11.9 Å². The Morgan fingerprint density at radius 2 is 1.51 bits per heavy atom. The van der Waals surface area contributed by atoms with Gasteiger partial charge in [0.2, 0.25) is 0 Å². The van der Waals surface area contributed by atoms with Gasteiger partial charge < -0.3 is 9.84 Å². The van der Waals surface area contributed by atoms with E-state index in [9.17, 15) is 14.7 Å². The highest BCUT2D eigenvalue weighted by Gasteiger charge is 2.23. The van der Waals surface area contributed by atoms with Crippen LogP contribution in [0.4, 0.5) is 0 Å². The molecule has 7 heteroatoms. The molecule has 0 saturated heterocycles. The number of thiophene rings is 1. The van der Waals surface area contributed by atoms with Crippen molar-refractivity contribution in [1.82, 2.24) is 9.97 Å². The molecule has 0 fully saturated rings. The van der Waals surface area contributed by atoms with E-state index in [2.05, 4.69) is 16.9 Å². The Labute approximate surface area is 246 Å². The van der Waals surface area contributed by atoms with Crippen LogP contribution < -0.4 is 4.74 Å². The van der Waals surface area contributed by atoms with Crippen molar-refractivity contribution in [3.05, 3.63) is 88.4 Å². The van der Waals surface area contributed by atoms with Crippen LogP contribution >= 0.6 is 11.3 Å². The monoisotopic (exact) mass is 570 g/mol. The molecule has 0 aliphatic rings. The minimum absolute atomic E-state index is 0.0164. The molecule has 0 radical (unpaired) electrons. The van der Waals surface area contributed by atoms with E-state index in [1.165, 1.54) is 37.0 Å². The molecule has 1 atom stereocenters. The number of benzene rings is 2. The molecule has 0 saturated carbocycles. The lowest BCUT2D eigenvalue weighted by atomic mass is 9.93. The highest BCUT2D eigenvalue weighted by atomic mass is 32.1. The van der Waals surface area contributed by atoms with Crippen LogP contribution in [0, 0.1) is 5.92 Å². The second-order valence-corrected chi connectivity index (χ2v) is 11.4. The van der Waals surface area contributed by atoms with Crippen LogP contribution in [0.1, 0.15) is 72.5 Å². The van der Waals surface area contributed by atoms with Crippen LogP contribution in [0.2, 0.25) is 0 Å². The summed E-state index contributed by atoms with van der Waals surface area (Å²) in [5, 5.41) is 9.75. The average Bonchev–Trinajstić information content (AvgIpc) is 3.49. The number of aliphatic carboxylic acids is 1. The van der Waals surface area contributed by atoms with Crippen LogP contribution in [-0.2, 0) is 17.6 Å². The number of aromatic nitrogens is 2. The normalized spacial score (nSPS) is 11.8. The number of aryl methyl sites for hydroxylation is 1. The van der Waals surface area contributed by atoms with Gasteiger partial charge in [-0.15, -0.1) is 11.3 Å². The molecule has 0 aliphatic heterocycles. The van der Waals surface area contributed by atoms with Crippen LogP contribution in [0.3, 0.4) is 0 Å². The number of Topliss-reactive ketones (excluding diaryl/α,β-unsaturated/α-hetero) is 1. The lowest BCUT2D eigenvalue weighted by Crippen LogP contribution is -2.20. The fraction of sp³-hybridized carbons (Fsp3) is 0.353. The van der Waals surface area contributed by atoms with E-state index >= 15 is 0 Å². The van der Waals surface area contributed by atoms with Gasteiger partial charge in [0.1, 0.15) is 5.75 Å². The number of rotatable bonds is 16. The number of carboxylic acid groups (broad SMARTS) is 1. The van der Waals surface area contributed by atoms with Crippen molar-refractivity contribution < 1.29 is 19.4 Å². The van der Waals surface area contributed by atoms with Gasteiger partial charge in [0.25, 0.3) is 0 Å². The van der Waals surface area contributed by atoms with Gasteiger partial charge >= 0.3 is 5.97 Å². The van der Waals surface area contributed by atoms with Gasteiger partial charge in [-0.25, -0.2) is 9.97 Å². The van der Waals surface area contributed by atoms with Gasteiger partial charge in [0, 0.05) is 34.8 Å². The lowest BCUT2D eigenvalue weighted by Gasteiger charge is -2.12. The van der Waals surface area contributed by atoms with Gasteiger partial charge in [-0.2, -0.15) is 0 Å². The van der Waals surface area contributed by atoms with E-state index in [1.54, 1.807) is 18.5 Å². The van der Waals surface area contributed by atoms with Gasteiger partial charge in [0.05, 0.1) is 17.4 Å². The maximum absolute atomic E-state index is 12.7. The van der Waals surface area contributed by atoms with Crippen molar-refractivity contribution in [3.63, 3.8) is 0 Å². The second-order valence-electron chi connectivity index (χ2n) is 10.3. The summed E-state index contributed by atoms with van der Waals surface area (Å²) in [6.07, 6.45) is 10.8. The number of carboxylic acids is 1. The predicted octanol–water partition coefficient (Wildman–Crippen LogP) is 8.30. The Morgan fingerprint density at radius 3 is 2.15 bits per heavy atom. The standard InChI is InChI=1S/C34H38N2O4S/c1-3-5-6-7-8-19-40-29-15-13-25(14-16-29)28-22-35-33(36-23-28)26-11-9-24(10-12-26)20-27(34(38)39)21-31(37)32-18-17-30(4-2)41-32/h9-18,22-23,27H,3-8,19-21H2,1-2H3,(H,38,39)/t27-/m1/s1. The number of ether oxygens (including phenoxy) is 1. The van der Waals surface area contributed by atoms with E-state index in [1.807, 2.05) is 61.5 Å². The zero-order chi connectivity index (χ0) is 29.0. The highest BCUT2D eigenvalue weighted by molar-refractivity contribution is 7.14. The van der Waals surface area contributed by atoms with Gasteiger partial charge in [-0.05, 0) is 54.7 Å². The van der Waals surface area contributed by atoms with E-state index in [0.717, 1.165) is 52.3 Å². The number of nitrogens with zero attached hydrogens (tertiary/aromatic N) is 2. The summed E-state index contributed by atoms with van der Waals surface area (Å²) in [5.41, 5.74) is 3.64. The fourth-order valence-electron chi connectivity index (χ4n) is 4.63. The Bertz CT molecular complexity index is 1400. The summed E-state index contributed by atoms with van der Waals surface area (Å²) >= 11 is 1.44. The molecular weight excluding hydrogens is 532 g/mol. The molecule has 0 unspecified atom stereocenters. The molecule has 0 aliphatic carbocycles. The molecule has 4 rings (SSSR count). The second kappa shape index (κ2) is 15.2. The quantitative estimate of drug-likeness (QED) is 0.108. The maximum atomic E-state index is 12.7. The van der Waals surface area contributed by atoms with Crippen molar-refractivity contribution in [1.29, 1.82) is 0 Å². The molecule has 0 spiro atoms. The Hall–Kier alpha value is -3.84. The van der Waals surface area contributed by atoms with E-state index in [-0.39, 0.29) is 18.6 Å². The molecule has 0 amide bonds. The molecule has 0 bridgehead atoms. The highest BCUT2D eigenvalue weighted by Crippen LogP contribution is 2.25. The van der Waals surface area contributed by atoms with Crippen molar-refractivity contribution in [3.8, 4) is 28.3 Å². The van der Waals surface area contributed by atoms with Gasteiger partial charge in [-0.1, -0.05) is 75.9 Å². The minimum Gasteiger partial charge on any atom is -0.494 e. The summed E-state index contributed by atoms with van der Waals surface area (Å²) in [7, 11) is 0. The fourth-order valence-corrected chi connectivity index (χ4v) is 5.52. The van der Waals surface area contributed by atoms with Crippen molar-refractivity contribution in [2.24, 2.45) is 5.92 Å². The van der Waals surface area contributed by atoms with Crippen LogP contribution in [0.15, 0.2) is 73.1 Å². The summed E-state index contributed by atoms with van der Waals surface area (Å²) < 4.78 is 5.86. The number of carbonyl (C=O) groups is 2. The number of hydrogen-bond acceptors (Lipinski definition) is 6. The third-order valence-electron chi connectivity index (χ3n) is 7.12. The number of hydrogen-bond donors (Lipinski definition) is 1. The van der Waals surface area contributed by atoms with Gasteiger partial charge in [-0.3, -0.25) is 9.59 Å².